The van der Waals surface area contributed by atoms with Crippen molar-refractivity contribution in [1.29, 1.82) is 0 Å². The van der Waals surface area contributed by atoms with Crippen molar-refractivity contribution < 1.29 is 4.74 Å². The normalized spacial score (nSPS) is 14.8. The van der Waals surface area contributed by atoms with Crippen molar-refractivity contribution in [3.8, 4) is 5.75 Å². The number of piperazine rings is 1. The van der Waals surface area contributed by atoms with Crippen LogP contribution in [0.2, 0.25) is 0 Å². The number of hydrogen-bond donors (Lipinski definition) is 0. The Balaban J connectivity index is 1.59. The molecule has 0 atom stereocenters. The van der Waals surface area contributed by atoms with Gasteiger partial charge in [0.1, 0.15) is 5.75 Å². The third-order valence-electron chi connectivity index (χ3n) is 4.70. The lowest BCUT2D eigenvalue weighted by Crippen LogP contribution is -2.47. The lowest BCUT2D eigenvalue weighted by atomic mass is 10.2. The Bertz CT molecular complexity index is 931. The summed E-state index contributed by atoms with van der Waals surface area (Å²) in [5, 5.41) is 2.74. The van der Waals surface area contributed by atoms with Gasteiger partial charge in [-0.25, -0.2) is 0 Å². The van der Waals surface area contributed by atoms with Gasteiger partial charge in [0.25, 0.3) is 0 Å². The van der Waals surface area contributed by atoms with Crippen molar-refractivity contribution in [3.63, 3.8) is 0 Å². The fraction of sp³-hybridized carbons (Fsp3) is 0.250. The first-order valence-electron chi connectivity index (χ1n) is 8.41. The molecule has 25 heavy (non-hydrogen) atoms. The predicted octanol–water partition coefficient (Wildman–Crippen LogP) is 3.60. The van der Waals surface area contributed by atoms with E-state index in [1.54, 1.807) is 18.4 Å². The first-order valence-corrected chi connectivity index (χ1v) is 9.29. The smallest absolute Gasteiger partial charge is 0.211 e. The molecule has 0 unspecified atom stereocenters. The molecule has 0 aliphatic carbocycles. The molecule has 1 fully saturated rings. The van der Waals surface area contributed by atoms with Crippen LogP contribution >= 0.6 is 11.3 Å². The minimum Gasteiger partial charge on any atom is -0.497 e. The summed E-state index contributed by atoms with van der Waals surface area (Å²) in [4.78, 5) is 17.5. The molecule has 0 N–H and O–H groups in total. The molecular formula is C20H20N2O2S. The first kappa shape index (κ1) is 16.0. The average molecular weight is 352 g/mol. The molecule has 128 valence electrons. The second-order valence-corrected chi connectivity index (χ2v) is 7.03. The monoisotopic (exact) mass is 352 g/mol. The zero-order valence-corrected chi connectivity index (χ0v) is 15.0. The van der Waals surface area contributed by atoms with Crippen molar-refractivity contribution in [1.82, 2.24) is 0 Å². The zero-order chi connectivity index (χ0) is 17.2. The minimum atomic E-state index is 0.0980. The van der Waals surface area contributed by atoms with Gasteiger partial charge in [-0.2, -0.15) is 0 Å². The maximum atomic E-state index is 12.9. The van der Waals surface area contributed by atoms with Crippen LogP contribution in [0.4, 0.5) is 11.4 Å². The number of rotatable bonds is 3. The molecule has 1 aliphatic heterocycles. The molecule has 4 nitrogen and oxygen atoms in total. The van der Waals surface area contributed by atoms with Gasteiger partial charge in [0, 0.05) is 47.3 Å². The molecule has 0 bridgehead atoms. The largest absolute Gasteiger partial charge is 0.497 e. The van der Waals surface area contributed by atoms with Gasteiger partial charge in [0.05, 0.1) is 12.8 Å². The number of ether oxygens (including phenoxy) is 1. The molecule has 0 radical (unpaired) electrons. The Morgan fingerprint density at radius 3 is 2.40 bits per heavy atom. The summed E-state index contributed by atoms with van der Waals surface area (Å²) in [7, 11) is 1.63. The Hall–Kier alpha value is -2.53. The summed E-state index contributed by atoms with van der Waals surface area (Å²) in [6.07, 6.45) is 0. The minimum absolute atomic E-state index is 0.0980. The van der Waals surface area contributed by atoms with Crippen LogP contribution in [0.25, 0.3) is 10.1 Å². The van der Waals surface area contributed by atoms with Crippen LogP contribution in [0.1, 0.15) is 0 Å². The van der Waals surface area contributed by atoms with Gasteiger partial charge in [-0.05, 0) is 30.3 Å². The van der Waals surface area contributed by atoms with E-state index >= 15 is 0 Å². The predicted molar refractivity (Wildman–Crippen MR) is 106 cm³/mol. The van der Waals surface area contributed by atoms with Gasteiger partial charge in [0.2, 0.25) is 5.43 Å². The molecule has 1 saturated heterocycles. The van der Waals surface area contributed by atoms with E-state index in [-0.39, 0.29) is 5.43 Å². The second kappa shape index (κ2) is 6.76. The van der Waals surface area contributed by atoms with Crippen LogP contribution in [0.15, 0.2) is 58.7 Å². The molecule has 3 aromatic rings. The Labute approximate surface area is 150 Å². The van der Waals surface area contributed by atoms with Crippen LogP contribution in [0, 0.1) is 0 Å². The molecule has 1 aromatic heterocycles. The second-order valence-electron chi connectivity index (χ2n) is 6.12. The van der Waals surface area contributed by atoms with Crippen LogP contribution in [0.5, 0.6) is 5.75 Å². The van der Waals surface area contributed by atoms with E-state index in [4.69, 9.17) is 4.74 Å². The molecule has 2 heterocycles. The van der Waals surface area contributed by atoms with Crippen molar-refractivity contribution in [2.24, 2.45) is 0 Å². The molecule has 0 saturated carbocycles. The molecule has 4 rings (SSSR count). The van der Waals surface area contributed by atoms with Gasteiger partial charge in [0.15, 0.2) is 0 Å². The van der Waals surface area contributed by atoms with E-state index in [1.165, 1.54) is 5.69 Å². The van der Waals surface area contributed by atoms with Gasteiger partial charge in [-0.3, -0.25) is 4.79 Å². The van der Waals surface area contributed by atoms with Gasteiger partial charge in [-0.1, -0.05) is 18.2 Å². The Kier molecular flexibility index (Phi) is 4.32. The molecule has 0 spiro atoms. The van der Waals surface area contributed by atoms with Crippen molar-refractivity contribution in [2.75, 3.05) is 43.1 Å². The number of fused-ring (bicyclic) bond motifs is 1. The SMILES string of the molecule is COc1ccc2scc(N3CCN(c4ccccc4)CC3)c(=O)c2c1. The number of hydrogen-bond acceptors (Lipinski definition) is 5. The number of methoxy groups -OCH3 is 1. The standard InChI is InChI=1S/C20H20N2O2S/c1-24-16-7-8-19-17(13-16)20(23)18(14-25-19)22-11-9-21(10-12-22)15-5-3-2-4-6-15/h2-8,13-14H,9-12H2,1H3. The summed E-state index contributed by atoms with van der Waals surface area (Å²) < 4.78 is 6.27. The highest BCUT2D eigenvalue weighted by Gasteiger charge is 2.20. The average Bonchev–Trinajstić information content (AvgIpc) is 2.69. The summed E-state index contributed by atoms with van der Waals surface area (Å²) in [5.41, 5.74) is 2.15. The molecular weight excluding hydrogens is 332 g/mol. The quantitative estimate of drug-likeness (QED) is 0.721. The van der Waals surface area contributed by atoms with Crippen molar-refractivity contribution in [3.05, 3.63) is 64.1 Å². The topological polar surface area (TPSA) is 32.8 Å². The highest BCUT2D eigenvalue weighted by atomic mass is 32.1. The maximum absolute atomic E-state index is 12.9. The van der Waals surface area contributed by atoms with Crippen molar-refractivity contribution >= 4 is 32.8 Å². The summed E-state index contributed by atoms with van der Waals surface area (Å²) in [6.45, 7) is 3.55. The van der Waals surface area contributed by atoms with E-state index in [1.807, 2.05) is 29.6 Å². The molecule has 5 heteroatoms. The lowest BCUT2D eigenvalue weighted by molar-refractivity contribution is 0.415. The lowest BCUT2D eigenvalue weighted by Gasteiger charge is -2.37. The Morgan fingerprint density at radius 1 is 0.960 bits per heavy atom. The molecule has 2 aromatic carbocycles. The number of para-hydroxylation sites is 1. The molecule has 1 aliphatic rings. The highest BCUT2D eigenvalue weighted by molar-refractivity contribution is 7.16. The summed E-state index contributed by atoms with van der Waals surface area (Å²) in [6, 6.07) is 16.1. The summed E-state index contributed by atoms with van der Waals surface area (Å²) >= 11 is 1.62. The number of nitrogens with zero attached hydrogens (tertiary/aromatic N) is 2. The van der Waals surface area contributed by atoms with E-state index in [9.17, 15) is 4.79 Å². The summed E-state index contributed by atoms with van der Waals surface area (Å²) in [5.74, 6) is 0.725. The Morgan fingerprint density at radius 2 is 1.68 bits per heavy atom. The van der Waals surface area contributed by atoms with Gasteiger partial charge in [-0.15, -0.1) is 11.3 Å². The fourth-order valence-corrected chi connectivity index (χ4v) is 4.21. The maximum Gasteiger partial charge on any atom is 0.211 e. The first-order chi connectivity index (χ1) is 12.3. The highest BCUT2D eigenvalue weighted by Crippen LogP contribution is 2.26. The third-order valence-corrected chi connectivity index (χ3v) is 5.65. The van der Waals surface area contributed by atoms with Gasteiger partial charge < -0.3 is 14.5 Å². The van der Waals surface area contributed by atoms with Crippen LogP contribution < -0.4 is 20.0 Å². The van der Waals surface area contributed by atoms with E-state index in [0.717, 1.165) is 47.7 Å². The third kappa shape index (κ3) is 3.07. The van der Waals surface area contributed by atoms with Crippen molar-refractivity contribution in [2.45, 2.75) is 0 Å². The van der Waals surface area contributed by atoms with Crippen LogP contribution in [0.3, 0.4) is 0 Å². The zero-order valence-electron chi connectivity index (χ0n) is 14.1. The van der Waals surface area contributed by atoms with E-state index < -0.39 is 0 Å². The number of anilines is 2. The van der Waals surface area contributed by atoms with E-state index in [2.05, 4.69) is 34.1 Å². The molecule has 0 amide bonds. The fourth-order valence-electron chi connectivity index (χ4n) is 3.29. The van der Waals surface area contributed by atoms with E-state index in [0.29, 0.717) is 0 Å². The van der Waals surface area contributed by atoms with Crippen LogP contribution in [-0.2, 0) is 0 Å². The van der Waals surface area contributed by atoms with Gasteiger partial charge >= 0.3 is 0 Å². The number of benzene rings is 2. The van der Waals surface area contributed by atoms with Crippen LogP contribution in [-0.4, -0.2) is 33.3 Å².